The van der Waals surface area contributed by atoms with Gasteiger partial charge in [0.1, 0.15) is 6.61 Å². The first-order valence-electron chi connectivity index (χ1n) is 8.99. The summed E-state index contributed by atoms with van der Waals surface area (Å²) >= 11 is 5.91. The van der Waals surface area contributed by atoms with Gasteiger partial charge in [-0.3, -0.25) is 9.89 Å². The summed E-state index contributed by atoms with van der Waals surface area (Å²) in [6.07, 6.45) is 2.56. The number of aromatic amines is 1. The minimum Gasteiger partial charge on any atom is -0.493 e. The van der Waals surface area contributed by atoms with Crippen LogP contribution in [0.3, 0.4) is 0 Å². The Bertz CT molecular complexity index is 985. The zero-order chi connectivity index (χ0) is 19.5. The summed E-state index contributed by atoms with van der Waals surface area (Å²) in [5.74, 6) is 1.08. The molecule has 0 saturated heterocycles. The van der Waals surface area contributed by atoms with Gasteiger partial charge in [-0.2, -0.15) is 5.10 Å². The third-order valence-electron chi connectivity index (χ3n) is 4.81. The van der Waals surface area contributed by atoms with Crippen LogP contribution in [0, 0.1) is 0 Å². The molecule has 0 fully saturated rings. The predicted molar refractivity (Wildman–Crippen MR) is 106 cm³/mol. The molecule has 0 saturated carbocycles. The Morgan fingerprint density at radius 3 is 2.82 bits per heavy atom. The van der Waals surface area contributed by atoms with Gasteiger partial charge in [0.25, 0.3) is 5.91 Å². The second kappa shape index (κ2) is 7.94. The van der Waals surface area contributed by atoms with Crippen LogP contribution in [0.4, 0.5) is 0 Å². The van der Waals surface area contributed by atoms with Crippen LogP contribution >= 0.6 is 11.6 Å². The number of fused-ring (bicyclic) bond motifs is 1. The minimum atomic E-state index is -0.0330. The molecule has 1 amide bonds. The van der Waals surface area contributed by atoms with Crippen molar-refractivity contribution in [1.82, 2.24) is 15.1 Å². The fraction of sp³-hybridized carbons (Fsp3) is 0.238. The van der Waals surface area contributed by atoms with Crippen molar-refractivity contribution in [1.29, 1.82) is 0 Å². The van der Waals surface area contributed by atoms with Crippen molar-refractivity contribution >= 4 is 17.5 Å². The van der Waals surface area contributed by atoms with Gasteiger partial charge in [-0.15, -0.1) is 0 Å². The SMILES string of the molecule is COc1cc(C(=O)N2CCc3[nH]ncc3C2)ccc1OCc1ccc(Cl)cc1. The number of rotatable bonds is 5. The molecule has 1 aromatic heterocycles. The summed E-state index contributed by atoms with van der Waals surface area (Å²) in [7, 11) is 1.57. The highest BCUT2D eigenvalue weighted by Crippen LogP contribution is 2.30. The number of benzene rings is 2. The van der Waals surface area contributed by atoms with Crippen molar-refractivity contribution in [2.24, 2.45) is 0 Å². The van der Waals surface area contributed by atoms with Gasteiger partial charge in [-0.05, 0) is 35.9 Å². The summed E-state index contributed by atoms with van der Waals surface area (Å²) in [5, 5.41) is 7.72. The van der Waals surface area contributed by atoms with E-state index in [0.717, 1.165) is 23.2 Å². The number of amides is 1. The quantitative estimate of drug-likeness (QED) is 0.710. The van der Waals surface area contributed by atoms with Gasteiger partial charge in [0.2, 0.25) is 0 Å². The van der Waals surface area contributed by atoms with Gasteiger partial charge in [-0.1, -0.05) is 23.7 Å². The lowest BCUT2D eigenvalue weighted by molar-refractivity contribution is 0.0734. The van der Waals surface area contributed by atoms with Crippen LogP contribution < -0.4 is 9.47 Å². The van der Waals surface area contributed by atoms with E-state index in [1.54, 1.807) is 31.5 Å². The Labute approximate surface area is 168 Å². The lowest BCUT2D eigenvalue weighted by atomic mass is 10.1. The van der Waals surface area contributed by atoms with Gasteiger partial charge in [0, 0.05) is 41.4 Å². The maximum atomic E-state index is 12.9. The third kappa shape index (κ3) is 3.82. The topological polar surface area (TPSA) is 67.5 Å². The number of nitrogens with one attached hydrogen (secondary N) is 1. The van der Waals surface area contributed by atoms with Crippen LogP contribution in [0.1, 0.15) is 27.2 Å². The van der Waals surface area contributed by atoms with Crippen LogP contribution in [-0.4, -0.2) is 34.7 Å². The molecule has 0 radical (unpaired) electrons. The molecule has 144 valence electrons. The van der Waals surface area contributed by atoms with E-state index in [1.165, 1.54) is 0 Å². The standard InChI is InChI=1S/C21H20ClN3O3/c1-27-20-10-15(21(26)25-9-8-18-16(12-25)11-23-24-18)4-7-19(20)28-13-14-2-5-17(22)6-3-14/h2-7,10-11H,8-9,12-13H2,1H3,(H,23,24). The van der Waals surface area contributed by atoms with Crippen LogP contribution in [0.25, 0.3) is 0 Å². The number of aromatic nitrogens is 2. The maximum Gasteiger partial charge on any atom is 0.254 e. The van der Waals surface area contributed by atoms with E-state index in [1.807, 2.05) is 29.2 Å². The van der Waals surface area contributed by atoms with Crippen LogP contribution in [0.2, 0.25) is 5.02 Å². The number of hydrogen-bond acceptors (Lipinski definition) is 4. The molecule has 28 heavy (non-hydrogen) atoms. The van der Waals surface area contributed by atoms with E-state index in [4.69, 9.17) is 21.1 Å². The molecule has 2 aromatic carbocycles. The Morgan fingerprint density at radius 1 is 1.21 bits per heavy atom. The van der Waals surface area contributed by atoms with Gasteiger partial charge in [0.05, 0.1) is 13.3 Å². The third-order valence-corrected chi connectivity index (χ3v) is 5.06. The number of carbonyl (C=O) groups is 1. The molecule has 1 aliphatic heterocycles. The highest BCUT2D eigenvalue weighted by atomic mass is 35.5. The van der Waals surface area contributed by atoms with Crippen LogP contribution in [-0.2, 0) is 19.6 Å². The second-order valence-corrected chi connectivity index (χ2v) is 7.07. The van der Waals surface area contributed by atoms with Crippen LogP contribution in [0.15, 0.2) is 48.7 Å². The van der Waals surface area contributed by atoms with Gasteiger partial charge >= 0.3 is 0 Å². The smallest absolute Gasteiger partial charge is 0.254 e. The Hall–Kier alpha value is -2.99. The summed E-state index contributed by atoms with van der Waals surface area (Å²) in [6.45, 7) is 1.60. The number of carbonyl (C=O) groups excluding carboxylic acids is 1. The van der Waals surface area contributed by atoms with E-state index in [-0.39, 0.29) is 5.91 Å². The molecule has 0 bridgehead atoms. The average molecular weight is 398 g/mol. The van der Waals surface area contributed by atoms with E-state index in [0.29, 0.717) is 41.8 Å². The van der Waals surface area contributed by atoms with E-state index >= 15 is 0 Å². The maximum absolute atomic E-state index is 12.9. The largest absolute Gasteiger partial charge is 0.493 e. The van der Waals surface area contributed by atoms with Crippen molar-refractivity contribution < 1.29 is 14.3 Å². The lowest BCUT2D eigenvalue weighted by Gasteiger charge is -2.26. The molecule has 6 nitrogen and oxygen atoms in total. The molecule has 0 aliphatic carbocycles. The first kappa shape index (κ1) is 18.4. The molecule has 7 heteroatoms. The summed E-state index contributed by atoms with van der Waals surface area (Å²) in [5.41, 5.74) is 3.74. The lowest BCUT2D eigenvalue weighted by Crippen LogP contribution is -2.35. The molecule has 0 spiro atoms. The fourth-order valence-electron chi connectivity index (χ4n) is 3.24. The van der Waals surface area contributed by atoms with Gasteiger partial charge in [-0.25, -0.2) is 0 Å². The van der Waals surface area contributed by atoms with E-state index in [9.17, 15) is 4.79 Å². The zero-order valence-electron chi connectivity index (χ0n) is 15.4. The number of ether oxygens (including phenoxy) is 2. The van der Waals surface area contributed by atoms with Crippen molar-refractivity contribution in [3.63, 3.8) is 0 Å². The second-order valence-electron chi connectivity index (χ2n) is 6.63. The highest BCUT2D eigenvalue weighted by Gasteiger charge is 2.23. The number of methoxy groups -OCH3 is 1. The van der Waals surface area contributed by atoms with Gasteiger partial charge < -0.3 is 14.4 Å². The fourth-order valence-corrected chi connectivity index (χ4v) is 3.37. The minimum absolute atomic E-state index is 0.0330. The molecule has 2 heterocycles. The molecule has 1 N–H and O–H groups in total. The first-order valence-corrected chi connectivity index (χ1v) is 9.37. The molecule has 4 rings (SSSR count). The normalized spacial score (nSPS) is 13.1. The summed E-state index contributed by atoms with van der Waals surface area (Å²) in [4.78, 5) is 14.7. The van der Waals surface area contributed by atoms with Crippen molar-refractivity contribution in [3.05, 3.63) is 76.1 Å². The van der Waals surface area contributed by atoms with Crippen molar-refractivity contribution in [2.75, 3.05) is 13.7 Å². The number of hydrogen-bond donors (Lipinski definition) is 1. The number of nitrogens with zero attached hydrogens (tertiary/aromatic N) is 2. The number of H-pyrrole nitrogens is 1. The van der Waals surface area contributed by atoms with E-state index < -0.39 is 0 Å². The predicted octanol–water partition coefficient (Wildman–Crippen LogP) is 3.85. The Morgan fingerprint density at radius 2 is 2.04 bits per heavy atom. The summed E-state index contributed by atoms with van der Waals surface area (Å²) in [6, 6.07) is 12.7. The summed E-state index contributed by atoms with van der Waals surface area (Å²) < 4.78 is 11.3. The highest BCUT2D eigenvalue weighted by molar-refractivity contribution is 6.30. The molecule has 1 aliphatic rings. The van der Waals surface area contributed by atoms with Crippen molar-refractivity contribution in [2.45, 2.75) is 19.6 Å². The van der Waals surface area contributed by atoms with Crippen molar-refractivity contribution in [3.8, 4) is 11.5 Å². The molecule has 3 aromatic rings. The monoisotopic (exact) mass is 397 g/mol. The average Bonchev–Trinajstić information content (AvgIpc) is 3.20. The Balaban J connectivity index is 1.47. The molecule has 0 atom stereocenters. The molecular formula is C21H20ClN3O3. The Kier molecular flexibility index (Phi) is 5.21. The first-order chi connectivity index (χ1) is 13.6. The molecule has 0 unspecified atom stereocenters. The van der Waals surface area contributed by atoms with E-state index in [2.05, 4.69) is 10.2 Å². The molecular weight excluding hydrogens is 378 g/mol. The zero-order valence-corrected chi connectivity index (χ0v) is 16.2. The number of halogens is 1. The van der Waals surface area contributed by atoms with Crippen LogP contribution in [0.5, 0.6) is 11.5 Å². The van der Waals surface area contributed by atoms with Gasteiger partial charge in [0.15, 0.2) is 11.5 Å².